The van der Waals surface area contributed by atoms with Gasteiger partial charge in [0.1, 0.15) is 0 Å². The maximum absolute atomic E-state index is 7.17. The molecular formula is C13H17N7S. The summed E-state index contributed by atoms with van der Waals surface area (Å²) in [5.41, 5.74) is 6.94. The number of nitrogens with one attached hydrogen (secondary N) is 3. The lowest BCUT2D eigenvalue weighted by atomic mass is 10.2. The van der Waals surface area contributed by atoms with Gasteiger partial charge in [0.2, 0.25) is 5.13 Å². The Morgan fingerprint density at radius 1 is 1.48 bits per heavy atom. The first-order chi connectivity index (χ1) is 10.0. The molecule has 21 heavy (non-hydrogen) atoms. The number of benzene rings is 1. The minimum atomic E-state index is -0.157. The molecule has 0 bridgehead atoms. The van der Waals surface area contributed by atoms with Crippen LogP contribution in [0.1, 0.15) is 13.8 Å². The second-order valence-electron chi connectivity index (χ2n) is 4.59. The van der Waals surface area contributed by atoms with Crippen LogP contribution in [0.25, 0.3) is 11.4 Å². The van der Waals surface area contributed by atoms with Crippen LogP contribution in [0, 0.1) is 5.41 Å². The number of guanidine groups is 1. The third kappa shape index (κ3) is 4.53. The standard InChI is InChI=1S/C13H17N7S/c1-8(2)16-7-17-10-5-3-4-9(6-10)11-18-13(21-20-11)19-12(14)15/h3-8H,1-2H3,(H,16,17)(H4,14,15,18,19,20). The van der Waals surface area contributed by atoms with Crippen molar-refractivity contribution in [2.75, 3.05) is 5.32 Å². The molecular weight excluding hydrogens is 286 g/mol. The lowest BCUT2D eigenvalue weighted by Gasteiger charge is -2.02. The van der Waals surface area contributed by atoms with Gasteiger partial charge in [0, 0.05) is 23.1 Å². The van der Waals surface area contributed by atoms with E-state index in [2.05, 4.69) is 25.0 Å². The Bertz CT molecular complexity index is 647. The molecule has 0 fully saturated rings. The lowest BCUT2D eigenvalue weighted by Crippen LogP contribution is -2.20. The van der Waals surface area contributed by atoms with Crippen LogP contribution in [-0.4, -0.2) is 27.7 Å². The van der Waals surface area contributed by atoms with Gasteiger partial charge in [-0.15, -0.1) is 0 Å². The highest BCUT2D eigenvalue weighted by Crippen LogP contribution is 2.24. The zero-order chi connectivity index (χ0) is 15.2. The monoisotopic (exact) mass is 303 g/mol. The average Bonchev–Trinajstić information content (AvgIpc) is 2.86. The summed E-state index contributed by atoms with van der Waals surface area (Å²) in [6.45, 7) is 4.09. The van der Waals surface area contributed by atoms with E-state index in [4.69, 9.17) is 11.1 Å². The number of aromatic nitrogens is 2. The number of aliphatic imine (C=N–C) groups is 1. The Kier molecular flexibility index (Phi) is 4.83. The van der Waals surface area contributed by atoms with E-state index in [1.807, 2.05) is 38.1 Å². The summed E-state index contributed by atoms with van der Waals surface area (Å²) in [6.07, 6.45) is 1.68. The summed E-state index contributed by atoms with van der Waals surface area (Å²) in [5.74, 6) is 0.424. The van der Waals surface area contributed by atoms with Gasteiger partial charge in [0.15, 0.2) is 11.8 Å². The van der Waals surface area contributed by atoms with Crippen molar-refractivity contribution < 1.29 is 0 Å². The number of hydrogen-bond acceptors (Lipinski definition) is 5. The third-order valence-electron chi connectivity index (χ3n) is 2.39. The Hall–Kier alpha value is -2.48. The molecule has 0 aliphatic carbocycles. The summed E-state index contributed by atoms with van der Waals surface area (Å²) in [6, 6.07) is 7.96. The van der Waals surface area contributed by atoms with Crippen LogP contribution in [0.4, 0.5) is 10.8 Å². The Morgan fingerprint density at radius 3 is 3.00 bits per heavy atom. The third-order valence-corrected chi connectivity index (χ3v) is 3.02. The molecule has 7 nitrogen and oxygen atoms in total. The molecule has 0 unspecified atom stereocenters. The van der Waals surface area contributed by atoms with Crippen LogP contribution in [0.15, 0.2) is 29.3 Å². The van der Waals surface area contributed by atoms with Crippen LogP contribution in [0.5, 0.6) is 0 Å². The van der Waals surface area contributed by atoms with E-state index >= 15 is 0 Å². The van der Waals surface area contributed by atoms with Crippen LogP contribution in [0.3, 0.4) is 0 Å². The molecule has 110 valence electrons. The highest BCUT2D eigenvalue weighted by Gasteiger charge is 2.07. The number of rotatable bonds is 5. The molecule has 2 aromatic rings. The highest BCUT2D eigenvalue weighted by molar-refractivity contribution is 7.10. The van der Waals surface area contributed by atoms with Gasteiger partial charge in [0.25, 0.3) is 0 Å². The molecule has 1 aromatic carbocycles. The lowest BCUT2D eigenvalue weighted by molar-refractivity contribution is 0.744. The van der Waals surface area contributed by atoms with Gasteiger partial charge < -0.3 is 16.4 Å². The first-order valence-corrected chi connectivity index (χ1v) is 7.15. The number of nitrogens with zero attached hydrogens (tertiary/aromatic N) is 3. The predicted molar refractivity (Wildman–Crippen MR) is 87.3 cm³/mol. The van der Waals surface area contributed by atoms with Crippen LogP contribution in [-0.2, 0) is 0 Å². The maximum atomic E-state index is 7.17. The van der Waals surface area contributed by atoms with E-state index in [0.29, 0.717) is 17.0 Å². The molecule has 0 amide bonds. The Labute approximate surface area is 127 Å². The molecule has 1 aromatic heterocycles. The Morgan fingerprint density at radius 2 is 2.29 bits per heavy atom. The SMILES string of the molecule is CC(C)NC=Nc1cccc(-c2nsc(NC(=N)N)n2)c1. The average molecular weight is 303 g/mol. The van der Waals surface area contributed by atoms with Gasteiger partial charge in [-0.3, -0.25) is 5.41 Å². The molecule has 0 saturated carbocycles. The second kappa shape index (κ2) is 6.80. The molecule has 0 radical (unpaired) electrons. The van der Waals surface area contributed by atoms with E-state index in [0.717, 1.165) is 22.8 Å². The first kappa shape index (κ1) is 14.9. The molecule has 8 heteroatoms. The minimum Gasteiger partial charge on any atom is -0.374 e. The summed E-state index contributed by atoms with van der Waals surface area (Å²) in [5, 5.41) is 13.4. The fraction of sp³-hybridized carbons (Fsp3) is 0.231. The van der Waals surface area contributed by atoms with Crippen molar-refractivity contribution in [3.63, 3.8) is 0 Å². The molecule has 0 atom stereocenters. The van der Waals surface area contributed by atoms with Crippen molar-refractivity contribution in [1.29, 1.82) is 5.41 Å². The van der Waals surface area contributed by atoms with Crippen molar-refractivity contribution in [1.82, 2.24) is 14.7 Å². The Balaban J connectivity index is 2.15. The van der Waals surface area contributed by atoms with E-state index < -0.39 is 0 Å². The molecule has 0 aliphatic heterocycles. The zero-order valence-electron chi connectivity index (χ0n) is 11.8. The number of nitrogens with two attached hydrogens (primary N) is 1. The summed E-state index contributed by atoms with van der Waals surface area (Å²) >= 11 is 1.16. The van der Waals surface area contributed by atoms with E-state index in [1.165, 1.54) is 0 Å². The van der Waals surface area contributed by atoms with Gasteiger partial charge in [-0.1, -0.05) is 12.1 Å². The molecule has 0 aliphatic rings. The van der Waals surface area contributed by atoms with Gasteiger partial charge >= 0.3 is 0 Å². The van der Waals surface area contributed by atoms with E-state index in [-0.39, 0.29) is 5.96 Å². The minimum absolute atomic E-state index is 0.157. The van der Waals surface area contributed by atoms with Crippen molar-refractivity contribution in [3.8, 4) is 11.4 Å². The van der Waals surface area contributed by atoms with Crippen molar-refractivity contribution in [2.45, 2.75) is 19.9 Å². The first-order valence-electron chi connectivity index (χ1n) is 6.38. The van der Waals surface area contributed by atoms with E-state index in [1.54, 1.807) is 6.34 Å². The van der Waals surface area contributed by atoms with Crippen molar-refractivity contribution >= 4 is 34.6 Å². The van der Waals surface area contributed by atoms with Crippen LogP contribution in [0.2, 0.25) is 0 Å². The number of hydrogen-bond donors (Lipinski definition) is 4. The quantitative estimate of drug-likeness (QED) is 0.499. The normalized spacial score (nSPS) is 11.0. The van der Waals surface area contributed by atoms with Gasteiger partial charge in [-0.05, 0) is 26.0 Å². The van der Waals surface area contributed by atoms with Crippen LogP contribution < -0.4 is 16.4 Å². The molecule has 5 N–H and O–H groups in total. The van der Waals surface area contributed by atoms with Crippen molar-refractivity contribution in [3.05, 3.63) is 24.3 Å². The van der Waals surface area contributed by atoms with Gasteiger partial charge in [0.05, 0.1) is 12.0 Å². The molecule has 1 heterocycles. The zero-order valence-corrected chi connectivity index (χ0v) is 12.6. The summed E-state index contributed by atoms with van der Waals surface area (Å²) < 4.78 is 4.24. The molecule has 0 saturated heterocycles. The molecule has 2 rings (SSSR count). The van der Waals surface area contributed by atoms with Crippen LogP contribution >= 0.6 is 11.5 Å². The number of anilines is 1. The predicted octanol–water partition coefficient (Wildman–Crippen LogP) is 2.17. The smallest absolute Gasteiger partial charge is 0.209 e. The maximum Gasteiger partial charge on any atom is 0.209 e. The highest BCUT2D eigenvalue weighted by atomic mass is 32.1. The second-order valence-corrected chi connectivity index (χ2v) is 5.34. The fourth-order valence-corrected chi connectivity index (χ4v) is 2.09. The van der Waals surface area contributed by atoms with E-state index in [9.17, 15) is 0 Å². The molecule has 0 spiro atoms. The topological polar surface area (TPSA) is 112 Å². The largest absolute Gasteiger partial charge is 0.374 e. The van der Waals surface area contributed by atoms with Gasteiger partial charge in [-0.25, -0.2) is 4.99 Å². The fourth-order valence-electron chi connectivity index (χ4n) is 1.49. The van der Waals surface area contributed by atoms with Gasteiger partial charge in [-0.2, -0.15) is 9.36 Å². The van der Waals surface area contributed by atoms with Crippen molar-refractivity contribution in [2.24, 2.45) is 10.7 Å². The summed E-state index contributed by atoms with van der Waals surface area (Å²) in [7, 11) is 0. The summed E-state index contributed by atoms with van der Waals surface area (Å²) in [4.78, 5) is 8.61.